The molecule has 1 aromatic rings. The van der Waals surface area contributed by atoms with E-state index in [4.69, 9.17) is 5.84 Å². The minimum Gasteiger partial charge on any atom is -0.299 e. The number of rotatable bonds is 3. The SMILES string of the molecule is Cc1ccc(C(NN)C2CN3CCN2CC3)c(F)c1F. The molecule has 20 heavy (non-hydrogen) atoms. The van der Waals surface area contributed by atoms with Gasteiger partial charge in [-0.1, -0.05) is 12.1 Å². The van der Waals surface area contributed by atoms with Crippen LogP contribution in [0.2, 0.25) is 0 Å². The van der Waals surface area contributed by atoms with Crippen molar-refractivity contribution >= 4 is 0 Å². The minimum atomic E-state index is -0.786. The number of nitrogens with one attached hydrogen (secondary N) is 1. The largest absolute Gasteiger partial charge is 0.299 e. The highest BCUT2D eigenvalue weighted by Crippen LogP contribution is 2.29. The van der Waals surface area contributed by atoms with Crippen molar-refractivity contribution in [1.82, 2.24) is 15.2 Å². The number of hydrazine groups is 1. The smallest absolute Gasteiger partial charge is 0.163 e. The first-order valence-corrected chi connectivity index (χ1v) is 6.99. The Morgan fingerprint density at radius 3 is 2.45 bits per heavy atom. The number of aryl methyl sites for hydroxylation is 1. The van der Waals surface area contributed by atoms with E-state index in [1.807, 2.05) is 0 Å². The van der Waals surface area contributed by atoms with Crippen LogP contribution in [0.5, 0.6) is 0 Å². The average molecular weight is 282 g/mol. The van der Waals surface area contributed by atoms with Gasteiger partial charge in [-0.2, -0.15) is 0 Å². The van der Waals surface area contributed by atoms with Crippen LogP contribution in [0.15, 0.2) is 12.1 Å². The van der Waals surface area contributed by atoms with Gasteiger partial charge < -0.3 is 0 Å². The fourth-order valence-corrected chi connectivity index (χ4v) is 3.28. The molecule has 4 rings (SSSR count). The van der Waals surface area contributed by atoms with Gasteiger partial charge >= 0.3 is 0 Å². The van der Waals surface area contributed by atoms with E-state index < -0.39 is 17.7 Å². The molecule has 3 heterocycles. The summed E-state index contributed by atoms with van der Waals surface area (Å²) in [4.78, 5) is 4.65. The first-order valence-electron chi connectivity index (χ1n) is 6.99. The molecule has 0 amide bonds. The predicted molar refractivity (Wildman–Crippen MR) is 73.0 cm³/mol. The molecular formula is C14H20F2N4. The summed E-state index contributed by atoms with van der Waals surface area (Å²) in [7, 11) is 0. The lowest BCUT2D eigenvalue weighted by Crippen LogP contribution is -2.64. The highest BCUT2D eigenvalue weighted by atomic mass is 19.2. The Morgan fingerprint density at radius 2 is 1.90 bits per heavy atom. The summed E-state index contributed by atoms with van der Waals surface area (Å²) in [5.41, 5.74) is 3.32. The van der Waals surface area contributed by atoms with Gasteiger partial charge in [0.25, 0.3) is 0 Å². The fraction of sp³-hybridized carbons (Fsp3) is 0.571. The number of nitrogens with zero attached hydrogens (tertiary/aromatic N) is 2. The number of hydrogen-bond acceptors (Lipinski definition) is 4. The van der Waals surface area contributed by atoms with Crippen molar-refractivity contribution in [2.75, 3.05) is 32.7 Å². The lowest BCUT2D eigenvalue weighted by atomic mass is 9.93. The molecule has 0 aromatic heterocycles. The third-order valence-electron chi connectivity index (χ3n) is 4.53. The normalized spacial score (nSPS) is 30.5. The molecule has 2 atom stereocenters. The Hall–Kier alpha value is -1.08. The van der Waals surface area contributed by atoms with Crippen molar-refractivity contribution < 1.29 is 8.78 Å². The molecule has 3 aliphatic heterocycles. The Labute approximate surface area is 117 Å². The highest BCUT2D eigenvalue weighted by Gasteiger charge is 2.38. The second-order valence-electron chi connectivity index (χ2n) is 5.65. The van der Waals surface area contributed by atoms with Gasteiger partial charge in [0.1, 0.15) is 0 Å². The van der Waals surface area contributed by atoms with Crippen LogP contribution < -0.4 is 11.3 Å². The third kappa shape index (κ3) is 2.22. The first kappa shape index (κ1) is 13.9. The van der Waals surface area contributed by atoms with Crippen molar-refractivity contribution in [3.8, 4) is 0 Å². The Morgan fingerprint density at radius 1 is 1.20 bits per heavy atom. The second kappa shape index (κ2) is 5.37. The van der Waals surface area contributed by atoms with Crippen molar-refractivity contribution in [2.45, 2.75) is 19.0 Å². The van der Waals surface area contributed by atoms with Crippen LogP contribution in [-0.4, -0.2) is 48.6 Å². The lowest BCUT2D eigenvalue weighted by molar-refractivity contribution is -0.00428. The maximum atomic E-state index is 14.2. The van der Waals surface area contributed by atoms with E-state index >= 15 is 0 Å². The maximum Gasteiger partial charge on any atom is 0.163 e. The first-order chi connectivity index (χ1) is 9.61. The van der Waals surface area contributed by atoms with E-state index in [1.165, 1.54) is 0 Å². The zero-order valence-corrected chi connectivity index (χ0v) is 11.6. The molecule has 4 nitrogen and oxygen atoms in total. The Balaban J connectivity index is 1.92. The highest BCUT2D eigenvalue weighted by molar-refractivity contribution is 5.29. The second-order valence-corrected chi connectivity index (χ2v) is 5.65. The van der Waals surface area contributed by atoms with E-state index in [1.54, 1.807) is 19.1 Å². The van der Waals surface area contributed by atoms with Crippen LogP contribution in [0, 0.1) is 18.6 Å². The molecule has 0 aliphatic carbocycles. The predicted octanol–water partition coefficient (Wildman–Crippen LogP) is 0.777. The lowest BCUT2D eigenvalue weighted by Gasteiger charge is -2.50. The number of nitrogens with two attached hydrogens (primary N) is 1. The maximum absolute atomic E-state index is 14.2. The van der Waals surface area contributed by atoms with Crippen molar-refractivity contribution in [1.29, 1.82) is 0 Å². The molecule has 2 bridgehead atoms. The van der Waals surface area contributed by atoms with Gasteiger partial charge in [0, 0.05) is 44.3 Å². The fourth-order valence-electron chi connectivity index (χ4n) is 3.28. The molecular weight excluding hydrogens is 262 g/mol. The molecule has 0 saturated carbocycles. The van der Waals surface area contributed by atoms with Crippen molar-refractivity contribution in [3.05, 3.63) is 34.9 Å². The summed E-state index contributed by atoms with van der Waals surface area (Å²) < 4.78 is 28.0. The van der Waals surface area contributed by atoms with Gasteiger partial charge in [0.2, 0.25) is 0 Å². The molecule has 0 spiro atoms. The van der Waals surface area contributed by atoms with Crippen LogP contribution in [0.4, 0.5) is 8.78 Å². The molecule has 0 radical (unpaired) electrons. The van der Waals surface area contributed by atoms with E-state index in [0.717, 1.165) is 32.7 Å². The zero-order chi connectivity index (χ0) is 14.3. The van der Waals surface area contributed by atoms with Gasteiger partial charge in [-0.3, -0.25) is 21.1 Å². The quantitative estimate of drug-likeness (QED) is 0.635. The number of halogens is 2. The van der Waals surface area contributed by atoms with Crippen LogP contribution in [0.3, 0.4) is 0 Å². The Bertz CT molecular complexity index is 500. The van der Waals surface area contributed by atoms with Crippen molar-refractivity contribution in [3.63, 3.8) is 0 Å². The Kier molecular flexibility index (Phi) is 3.72. The number of hydrogen-bond donors (Lipinski definition) is 2. The molecule has 3 N–H and O–H groups in total. The van der Waals surface area contributed by atoms with E-state index in [0.29, 0.717) is 11.1 Å². The van der Waals surface area contributed by atoms with Gasteiger partial charge in [-0.25, -0.2) is 8.78 Å². The number of benzene rings is 1. The number of fused-ring (bicyclic) bond motifs is 3. The topological polar surface area (TPSA) is 44.5 Å². The van der Waals surface area contributed by atoms with Crippen LogP contribution >= 0.6 is 0 Å². The molecule has 110 valence electrons. The monoisotopic (exact) mass is 282 g/mol. The van der Waals surface area contributed by atoms with Crippen molar-refractivity contribution in [2.24, 2.45) is 5.84 Å². The van der Waals surface area contributed by atoms with Gasteiger partial charge in [-0.05, 0) is 12.5 Å². The minimum absolute atomic E-state index is 0.0825. The molecule has 3 saturated heterocycles. The van der Waals surface area contributed by atoms with Crippen LogP contribution in [0.1, 0.15) is 17.2 Å². The average Bonchev–Trinajstić information content (AvgIpc) is 2.49. The standard InChI is InChI=1S/C14H20F2N4/c1-9-2-3-10(13(16)12(9)15)14(18-17)11-8-19-4-6-20(11)7-5-19/h2-3,11,14,18H,4-8,17H2,1H3. The summed E-state index contributed by atoms with van der Waals surface area (Å²) in [5, 5.41) is 0. The molecule has 1 aromatic carbocycles. The molecule has 3 aliphatic rings. The van der Waals surface area contributed by atoms with Crippen LogP contribution in [0.25, 0.3) is 0 Å². The van der Waals surface area contributed by atoms with Gasteiger partial charge in [0.05, 0.1) is 6.04 Å². The van der Waals surface area contributed by atoms with E-state index in [2.05, 4.69) is 15.2 Å². The zero-order valence-electron chi connectivity index (χ0n) is 11.6. The summed E-state index contributed by atoms with van der Waals surface area (Å²) in [6, 6.07) is 2.93. The number of piperazine rings is 3. The van der Waals surface area contributed by atoms with E-state index in [-0.39, 0.29) is 6.04 Å². The van der Waals surface area contributed by atoms with E-state index in [9.17, 15) is 8.78 Å². The summed E-state index contributed by atoms with van der Waals surface area (Å²) in [6.45, 7) is 6.39. The summed E-state index contributed by atoms with van der Waals surface area (Å²) in [6.07, 6.45) is 0. The third-order valence-corrected chi connectivity index (χ3v) is 4.53. The van der Waals surface area contributed by atoms with Crippen LogP contribution in [-0.2, 0) is 0 Å². The molecule has 6 heteroatoms. The summed E-state index contributed by atoms with van der Waals surface area (Å²) in [5.74, 6) is 4.07. The molecule has 2 unspecified atom stereocenters. The summed E-state index contributed by atoms with van der Waals surface area (Å²) >= 11 is 0. The van der Waals surface area contributed by atoms with Gasteiger partial charge in [-0.15, -0.1) is 0 Å². The van der Waals surface area contributed by atoms with Gasteiger partial charge in [0.15, 0.2) is 11.6 Å². The molecule has 3 fully saturated rings.